The molecule has 12 heavy (non-hydrogen) atoms. The third kappa shape index (κ3) is 2.29. The van der Waals surface area contributed by atoms with Gasteiger partial charge in [-0.3, -0.25) is 0 Å². The van der Waals surface area contributed by atoms with Crippen LogP contribution in [0.2, 0.25) is 0 Å². The fourth-order valence-corrected chi connectivity index (χ4v) is 2.34. The lowest BCUT2D eigenvalue weighted by atomic mass is 10.3. The third-order valence-electron chi connectivity index (χ3n) is 1.44. The average Bonchev–Trinajstić information content (AvgIpc) is 2.09. The molecular weight excluding hydrogens is 283 g/mol. The Labute approximate surface area is 91.0 Å². The summed E-state index contributed by atoms with van der Waals surface area (Å²) in [6, 6.07) is 6.19. The van der Waals surface area contributed by atoms with Gasteiger partial charge in [0.1, 0.15) is 5.75 Å². The summed E-state index contributed by atoms with van der Waals surface area (Å²) in [7, 11) is 0. The summed E-state index contributed by atoms with van der Waals surface area (Å²) in [5, 5.41) is 0. The Kier molecular flexibility index (Phi) is 4.21. The van der Waals surface area contributed by atoms with E-state index in [1.807, 2.05) is 6.92 Å². The lowest BCUT2D eigenvalue weighted by molar-refractivity contribution is 0.330. The summed E-state index contributed by atoms with van der Waals surface area (Å²) < 4.78 is 6.71. The smallest absolute Gasteiger partial charge is 0.146 e. The SMILES string of the molecule is CCOc1c(I)cccc1SC. The van der Waals surface area contributed by atoms with E-state index in [0.717, 1.165) is 12.4 Å². The number of thioether (sulfide) groups is 1. The third-order valence-corrected chi connectivity index (χ3v) is 3.05. The molecule has 0 saturated heterocycles. The molecule has 0 bridgehead atoms. The maximum Gasteiger partial charge on any atom is 0.146 e. The van der Waals surface area contributed by atoms with Crippen molar-refractivity contribution in [1.82, 2.24) is 0 Å². The van der Waals surface area contributed by atoms with Crippen LogP contribution in [0, 0.1) is 3.57 Å². The molecule has 3 heteroatoms. The zero-order valence-corrected chi connectivity index (χ0v) is 10.1. The van der Waals surface area contributed by atoms with Gasteiger partial charge in [-0.2, -0.15) is 0 Å². The van der Waals surface area contributed by atoms with E-state index < -0.39 is 0 Å². The van der Waals surface area contributed by atoms with E-state index in [9.17, 15) is 0 Å². The largest absolute Gasteiger partial charge is 0.492 e. The highest BCUT2D eigenvalue weighted by Crippen LogP contribution is 2.31. The zero-order chi connectivity index (χ0) is 8.97. The van der Waals surface area contributed by atoms with Crippen LogP contribution in [0.15, 0.2) is 23.1 Å². The normalized spacial score (nSPS) is 9.92. The summed E-state index contributed by atoms with van der Waals surface area (Å²) in [6.07, 6.45) is 2.06. The molecule has 1 rings (SSSR count). The van der Waals surface area contributed by atoms with E-state index in [-0.39, 0.29) is 0 Å². The number of hydrogen-bond donors (Lipinski definition) is 0. The molecule has 1 aromatic rings. The van der Waals surface area contributed by atoms with Crippen LogP contribution in [-0.4, -0.2) is 12.9 Å². The minimum atomic E-state index is 0.730. The van der Waals surface area contributed by atoms with E-state index in [4.69, 9.17) is 4.74 Å². The average molecular weight is 294 g/mol. The van der Waals surface area contributed by atoms with E-state index in [0.29, 0.717) is 0 Å². The second-order valence-electron chi connectivity index (χ2n) is 2.20. The zero-order valence-electron chi connectivity index (χ0n) is 7.13. The molecule has 0 aromatic heterocycles. The van der Waals surface area contributed by atoms with E-state index in [1.54, 1.807) is 11.8 Å². The number of rotatable bonds is 3. The number of ether oxygens (including phenoxy) is 1. The van der Waals surface area contributed by atoms with Crippen LogP contribution in [-0.2, 0) is 0 Å². The summed E-state index contributed by atoms with van der Waals surface area (Å²) >= 11 is 4.01. The number of benzene rings is 1. The molecule has 0 aliphatic heterocycles. The van der Waals surface area contributed by atoms with Crippen LogP contribution in [0.5, 0.6) is 5.75 Å². The molecule has 0 fully saturated rings. The minimum absolute atomic E-state index is 0.730. The second-order valence-corrected chi connectivity index (χ2v) is 4.21. The molecule has 0 atom stereocenters. The molecule has 0 saturated carbocycles. The van der Waals surface area contributed by atoms with Crippen LogP contribution in [0.4, 0.5) is 0 Å². The number of halogens is 1. The van der Waals surface area contributed by atoms with Gasteiger partial charge in [-0.25, -0.2) is 0 Å². The van der Waals surface area contributed by atoms with Crippen LogP contribution in [0.3, 0.4) is 0 Å². The van der Waals surface area contributed by atoms with Gasteiger partial charge in [0.25, 0.3) is 0 Å². The van der Waals surface area contributed by atoms with Crippen molar-refractivity contribution in [3.63, 3.8) is 0 Å². The van der Waals surface area contributed by atoms with Crippen molar-refractivity contribution in [2.24, 2.45) is 0 Å². The summed E-state index contributed by atoms with van der Waals surface area (Å²) in [5.74, 6) is 1.02. The molecular formula is C9H11IOS. The first-order valence-electron chi connectivity index (χ1n) is 3.75. The van der Waals surface area contributed by atoms with Crippen LogP contribution >= 0.6 is 34.4 Å². The van der Waals surface area contributed by atoms with Gasteiger partial charge in [0, 0.05) is 0 Å². The Hall–Kier alpha value is 0.1000. The Morgan fingerprint density at radius 1 is 1.50 bits per heavy atom. The lowest BCUT2D eigenvalue weighted by Gasteiger charge is -2.09. The van der Waals surface area contributed by atoms with Gasteiger partial charge in [-0.15, -0.1) is 11.8 Å². The highest BCUT2D eigenvalue weighted by molar-refractivity contribution is 14.1. The topological polar surface area (TPSA) is 9.23 Å². The van der Waals surface area contributed by atoms with Crippen molar-refractivity contribution in [3.05, 3.63) is 21.8 Å². The summed E-state index contributed by atoms with van der Waals surface area (Å²) in [6.45, 7) is 2.74. The van der Waals surface area contributed by atoms with Crippen molar-refractivity contribution in [3.8, 4) is 5.75 Å². The van der Waals surface area contributed by atoms with Gasteiger partial charge < -0.3 is 4.74 Å². The highest BCUT2D eigenvalue weighted by atomic mass is 127. The molecule has 0 aliphatic carbocycles. The van der Waals surface area contributed by atoms with Gasteiger partial charge in [0.15, 0.2) is 0 Å². The van der Waals surface area contributed by atoms with Crippen molar-refractivity contribution >= 4 is 34.4 Å². The first-order chi connectivity index (χ1) is 5.79. The molecule has 0 spiro atoms. The summed E-state index contributed by atoms with van der Waals surface area (Å²) in [5.41, 5.74) is 0. The van der Waals surface area contributed by atoms with Crippen molar-refractivity contribution in [1.29, 1.82) is 0 Å². The van der Waals surface area contributed by atoms with E-state index in [1.165, 1.54) is 8.47 Å². The quantitative estimate of drug-likeness (QED) is 0.624. The Morgan fingerprint density at radius 3 is 2.83 bits per heavy atom. The van der Waals surface area contributed by atoms with Crippen molar-refractivity contribution in [2.45, 2.75) is 11.8 Å². The first kappa shape index (κ1) is 10.2. The van der Waals surface area contributed by atoms with E-state index in [2.05, 4.69) is 47.0 Å². The van der Waals surface area contributed by atoms with Gasteiger partial charge in [0.05, 0.1) is 15.1 Å². The van der Waals surface area contributed by atoms with Crippen LogP contribution in [0.1, 0.15) is 6.92 Å². The molecule has 0 heterocycles. The minimum Gasteiger partial charge on any atom is -0.492 e. The molecule has 66 valence electrons. The predicted molar refractivity (Wildman–Crippen MR) is 62.1 cm³/mol. The highest BCUT2D eigenvalue weighted by Gasteiger charge is 2.05. The van der Waals surface area contributed by atoms with Crippen molar-refractivity contribution < 1.29 is 4.74 Å². The number of para-hydroxylation sites is 1. The second kappa shape index (κ2) is 4.97. The summed E-state index contributed by atoms with van der Waals surface area (Å²) in [4.78, 5) is 1.21. The molecule has 0 unspecified atom stereocenters. The van der Waals surface area contributed by atoms with Gasteiger partial charge in [-0.05, 0) is 47.9 Å². The molecule has 0 amide bonds. The fourth-order valence-electron chi connectivity index (χ4n) is 0.934. The standard InChI is InChI=1S/C9H11IOS/c1-3-11-9-7(10)5-4-6-8(9)12-2/h4-6H,3H2,1-2H3. The predicted octanol–water partition coefficient (Wildman–Crippen LogP) is 3.41. The molecule has 0 aliphatic rings. The Bertz CT molecular complexity index is 263. The molecule has 0 N–H and O–H groups in total. The van der Waals surface area contributed by atoms with Gasteiger partial charge in [0.2, 0.25) is 0 Å². The van der Waals surface area contributed by atoms with Gasteiger partial charge in [-0.1, -0.05) is 6.07 Å². The van der Waals surface area contributed by atoms with Crippen LogP contribution in [0.25, 0.3) is 0 Å². The van der Waals surface area contributed by atoms with Crippen LogP contribution < -0.4 is 4.74 Å². The Morgan fingerprint density at radius 2 is 2.25 bits per heavy atom. The fraction of sp³-hybridized carbons (Fsp3) is 0.333. The maximum absolute atomic E-state index is 5.53. The van der Waals surface area contributed by atoms with Gasteiger partial charge >= 0.3 is 0 Å². The maximum atomic E-state index is 5.53. The number of hydrogen-bond acceptors (Lipinski definition) is 2. The first-order valence-corrected chi connectivity index (χ1v) is 6.05. The lowest BCUT2D eigenvalue weighted by Crippen LogP contribution is -1.95. The monoisotopic (exact) mass is 294 g/mol. The molecule has 0 radical (unpaired) electrons. The Balaban J connectivity index is 3.02. The molecule has 1 nitrogen and oxygen atoms in total. The van der Waals surface area contributed by atoms with Crippen molar-refractivity contribution in [2.75, 3.05) is 12.9 Å². The van der Waals surface area contributed by atoms with E-state index >= 15 is 0 Å². The molecule has 1 aromatic carbocycles.